The quantitative estimate of drug-likeness (QED) is 0.861. The summed E-state index contributed by atoms with van der Waals surface area (Å²) in [5.41, 5.74) is 9.72. The molecular formula is C17H25N3. The zero-order chi connectivity index (χ0) is 14.7. The highest BCUT2D eigenvalue weighted by molar-refractivity contribution is 5.79. The van der Waals surface area contributed by atoms with E-state index in [0.717, 1.165) is 24.2 Å². The van der Waals surface area contributed by atoms with Crippen LogP contribution in [0.4, 0.5) is 5.69 Å². The van der Waals surface area contributed by atoms with Crippen molar-refractivity contribution in [3.8, 4) is 0 Å². The number of benzene rings is 1. The molecule has 108 valence electrons. The van der Waals surface area contributed by atoms with Crippen LogP contribution in [0.5, 0.6) is 0 Å². The maximum absolute atomic E-state index is 5.88. The Bertz CT molecular complexity index is 650. The fourth-order valence-corrected chi connectivity index (χ4v) is 3.64. The lowest BCUT2D eigenvalue weighted by molar-refractivity contribution is 0.457. The van der Waals surface area contributed by atoms with E-state index in [4.69, 9.17) is 10.7 Å². The first-order valence-corrected chi connectivity index (χ1v) is 7.53. The molecule has 1 heterocycles. The number of hydrogen-bond donors (Lipinski definition) is 1. The topological polar surface area (TPSA) is 43.8 Å². The summed E-state index contributed by atoms with van der Waals surface area (Å²) in [6.45, 7) is 12.7. The largest absolute Gasteiger partial charge is 0.399 e. The minimum Gasteiger partial charge on any atom is -0.399 e. The lowest BCUT2D eigenvalue weighted by Crippen LogP contribution is -2.08. The Labute approximate surface area is 121 Å². The van der Waals surface area contributed by atoms with E-state index < -0.39 is 0 Å². The van der Waals surface area contributed by atoms with Gasteiger partial charge in [-0.25, -0.2) is 4.98 Å². The average molecular weight is 271 g/mol. The Morgan fingerprint density at radius 1 is 1.20 bits per heavy atom. The van der Waals surface area contributed by atoms with Crippen LogP contribution in [0.2, 0.25) is 0 Å². The predicted molar refractivity (Wildman–Crippen MR) is 84.6 cm³/mol. The first-order chi connectivity index (χ1) is 9.29. The third-order valence-electron chi connectivity index (χ3n) is 5.85. The molecule has 1 aliphatic rings. The minimum atomic E-state index is 0.405. The van der Waals surface area contributed by atoms with Crippen LogP contribution in [0.3, 0.4) is 0 Å². The lowest BCUT2D eigenvalue weighted by Gasteiger charge is -2.09. The molecule has 20 heavy (non-hydrogen) atoms. The van der Waals surface area contributed by atoms with E-state index in [0.29, 0.717) is 16.7 Å². The Morgan fingerprint density at radius 2 is 1.85 bits per heavy atom. The average Bonchev–Trinajstić information content (AvgIpc) is 2.69. The van der Waals surface area contributed by atoms with Gasteiger partial charge in [0.1, 0.15) is 5.82 Å². The number of imidazole rings is 1. The number of rotatable bonds is 3. The molecule has 2 aromatic rings. The van der Waals surface area contributed by atoms with E-state index in [1.165, 1.54) is 11.3 Å². The number of nitrogen functional groups attached to an aromatic ring is 1. The third kappa shape index (κ3) is 1.68. The highest BCUT2D eigenvalue weighted by atomic mass is 15.1. The fourth-order valence-electron chi connectivity index (χ4n) is 3.64. The van der Waals surface area contributed by atoms with Gasteiger partial charge in [0.25, 0.3) is 0 Å². The second-order valence-corrected chi connectivity index (χ2v) is 7.24. The van der Waals surface area contributed by atoms with Gasteiger partial charge in [0.15, 0.2) is 0 Å². The highest BCUT2D eigenvalue weighted by Gasteiger charge is 2.64. The molecule has 3 rings (SSSR count). The monoisotopic (exact) mass is 271 g/mol. The van der Waals surface area contributed by atoms with Gasteiger partial charge in [-0.05, 0) is 34.9 Å². The normalized spacial score (nSPS) is 20.4. The molecule has 0 radical (unpaired) electrons. The van der Waals surface area contributed by atoms with Crippen molar-refractivity contribution < 1.29 is 0 Å². The predicted octanol–water partition coefficient (Wildman–Crippen LogP) is 3.86. The maximum Gasteiger partial charge on any atom is 0.109 e. The van der Waals surface area contributed by atoms with E-state index in [1.807, 2.05) is 12.1 Å². The second-order valence-electron chi connectivity index (χ2n) is 7.24. The van der Waals surface area contributed by atoms with Gasteiger partial charge in [0.05, 0.1) is 11.0 Å². The van der Waals surface area contributed by atoms with Crippen molar-refractivity contribution in [2.75, 3.05) is 5.73 Å². The smallest absolute Gasteiger partial charge is 0.109 e. The molecule has 1 aromatic carbocycles. The molecule has 0 spiro atoms. The van der Waals surface area contributed by atoms with Crippen LogP contribution in [0.1, 0.15) is 40.4 Å². The van der Waals surface area contributed by atoms with E-state index in [1.54, 1.807) is 0 Å². The zero-order valence-corrected chi connectivity index (χ0v) is 13.2. The summed E-state index contributed by atoms with van der Waals surface area (Å²) < 4.78 is 2.40. The van der Waals surface area contributed by atoms with Gasteiger partial charge >= 0.3 is 0 Å². The number of hydrogen-bond acceptors (Lipinski definition) is 2. The van der Waals surface area contributed by atoms with Gasteiger partial charge < -0.3 is 10.3 Å². The molecule has 3 nitrogen and oxygen atoms in total. The molecule has 0 amide bonds. The van der Waals surface area contributed by atoms with Crippen LogP contribution in [-0.2, 0) is 13.0 Å². The summed E-state index contributed by atoms with van der Waals surface area (Å²) in [5, 5.41) is 0. The van der Waals surface area contributed by atoms with Gasteiger partial charge in [-0.1, -0.05) is 34.6 Å². The van der Waals surface area contributed by atoms with Gasteiger partial charge in [-0.15, -0.1) is 0 Å². The number of aromatic nitrogens is 2. The van der Waals surface area contributed by atoms with Crippen molar-refractivity contribution in [3.63, 3.8) is 0 Å². The van der Waals surface area contributed by atoms with Gasteiger partial charge in [0.2, 0.25) is 0 Å². The molecule has 0 aliphatic heterocycles. The molecule has 1 fully saturated rings. The van der Waals surface area contributed by atoms with Crippen LogP contribution in [0.25, 0.3) is 11.0 Å². The number of aryl methyl sites for hydroxylation is 1. The minimum absolute atomic E-state index is 0.405. The van der Waals surface area contributed by atoms with Crippen LogP contribution in [0.15, 0.2) is 18.2 Å². The Morgan fingerprint density at radius 3 is 2.40 bits per heavy atom. The van der Waals surface area contributed by atoms with E-state index >= 15 is 0 Å². The lowest BCUT2D eigenvalue weighted by atomic mass is 10.0. The van der Waals surface area contributed by atoms with Crippen molar-refractivity contribution in [1.82, 2.24) is 9.55 Å². The fraction of sp³-hybridized carbons (Fsp3) is 0.588. The third-order valence-corrected chi connectivity index (χ3v) is 5.85. The molecule has 2 N–H and O–H groups in total. The van der Waals surface area contributed by atoms with Crippen molar-refractivity contribution in [3.05, 3.63) is 24.0 Å². The highest BCUT2D eigenvalue weighted by Crippen LogP contribution is 2.69. The Kier molecular flexibility index (Phi) is 2.69. The standard InChI is InChI=1S/C17H25N3/c1-6-15-19-12-9-11(18)7-8-13(12)20(15)10-14-16(2,3)17(14,4)5/h7-9,14H,6,10,18H2,1-5H3. The summed E-state index contributed by atoms with van der Waals surface area (Å²) in [6, 6.07) is 6.07. The van der Waals surface area contributed by atoms with Crippen LogP contribution >= 0.6 is 0 Å². The van der Waals surface area contributed by atoms with Gasteiger partial charge in [0, 0.05) is 18.7 Å². The number of nitrogens with two attached hydrogens (primary N) is 1. The molecule has 3 heteroatoms. The van der Waals surface area contributed by atoms with E-state index in [2.05, 4.69) is 45.3 Å². The van der Waals surface area contributed by atoms with Gasteiger partial charge in [-0.3, -0.25) is 0 Å². The molecule has 0 atom stereocenters. The molecule has 0 saturated heterocycles. The number of nitrogens with zero attached hydrogens (tertiary/aromatic N) is 2. The summed E-state index contributed by atoms with van der Waals surface area (Å²) in [5.74, 6) is 1.87. The Hall–Kier alpha value is -1.51. The molecule has 1 aliphatic carbocycles. The van der Waals surface area contributed by atoms with E-state index in [-0.39, 0.29) is 0 Å². The summed E-state index contributed by atoms with van der Waals surface area (Å²) in [7, 11) is 0. The van der Waals surface area contributed by atoms with Crippen molar-refractivity contribution in [2.24, 2.45) is 16.7 Å². The van der Waals surface area contributed by atoms with Gasteiger partial charge in [-0.2, -0.15) is 0 Å². The molecule has 0 unspecified atom stereocenters. The van der Waals surface area contributed by atoms with Crippen LogP contribution < -0.4 is 5.73 Å². The molecular weight excluding hydrogens is 246 g/mol. The SMILES string of the molecule is CCc1nc2cc(N)ccc2n1CC1C(C)(C)C1(C)C. The van der Waals surface area contributed by atoms with E-state index in [9.17, 15) is 0 Å². The second kappa shape index (κ2) is 4.00. The Balaban J connectivity index is 2.03. The van der Waals surface area contributed by atoms with Crippen molar-refractivity contribution >= 4 is 16.7 Å². The molecule has 1 aromatic heterocycles. The first kappa shape index (κ1) is 13.5. The molecule has 0 bridgehead atoms. The number of anilines is 1. The molecule has 1 saturated carbocycles. The van der Waals surface area contributed by atoms with Crippen molar-refractivity contribution in [2.45, 2.75) is 47.6 Å². The zero-order valence-electron chi connectivity index (χ0n) is 13.2. The number of fused-ring (bicyclic) bond motifs is 1. The maximum atomic E-state index is 5.88. The summed E-state index contributed by atoms with van der Waals surface area (Å²) in [6.07, 6.45) is 0.960. The summed E-state index contributed by atoms with van der Waals surface area (Å²) >= 11 is 0. The summed E-state index contributed by atoms with van der Waals surface area (Å²) in [4.78, 5) is 4.75. The van der Waals surface area contributed by atoms with Crippen LogP contribution in [-0.4, -0.2) is 9.55 Å². The first-order valence-electron chi connectivity index (χ1n) is 7.53. The van der Waals surface area contributed by atoms with Crippen molar-refractivity contribution in [1.29, 1.82) is 0 Å². The van der Waals surface area contributed by atoms with Crippen LogP contribution in [0, 0.1) is 16.7 Å².